The summed E-state index contributed by atoms with van der Waals surface area (Å²) in [4.78, 5) is 12.9. The maximum Gasteiger partial charge on any atom is 0.151 e. The molecule has 1 aromatic heterocycles. The molecule has 0 N–H and O–H groups in total. The van der Waals surface area contributed by atoms with E-state index in [9.17, 15) is 0 Å². The average molecular weight is 1100 g/mol. The number of aromatic nitrogens is 1. The predicted molar refractivity (Wildman–Crippen MR) is 352 cm³/mol. The lowest BCUT2D eigenvalue weighted by atomic mass is 9.64. The second kappa shape index (κ2) is 18.4. The smallest absolute Gasteiger partial charge is 0.151 e. The number of hydrogen-bond donors (Lipinski definition) is 0. The highest BCUT2D eigenvalue weighted by atomic mass is 16.5. The van der Waals surface area contributed by atoms with Gasteiger partial charge < -0.3 is 14.5 Å². The lowest BCUT2D eigenvalue weighted by Gasteiger charge is -2.46. The van der Waals surface area contributed by atoms with Crippen molar-refractivity contribution in [2.45, 2.75) is 129 Å². The summed E-state index contributed by atoms with van der Waals surface area (Å²) >= 11 is 0. The standard InChI is InChI=1S/C79H76N4O/c1-74(2,3)49-28-36-53(37-29-49)81(54-38-30-50(31-39-54)75(4,5)6)57-44-45-59-63(47-57)79(61-23-19-27-68-72(61)83(73-62(79)24-20-46-80-73)65-25-17-18-26-67(65)84-68)64-48-66(70-58-21-15-16-22-60(58)78(13,14)71(70)69(59)64)82(55-40-32-51(33-41-55)76(7,8)9)56-42-34-52(35-43-56)77(10,11)12/h15-48H,1-14H3. The molecule has 0 fully saturated rings. The van der Waals surface area contributed by atoms with E-state index < -0.39 is 10.8 Å². The molecule has 0 radical (unpaired) electrons. The molecule has 9 aromatic carbocycles. The molecule has 1 spiro atoms. The number of pyridine rings is 1. The van der Waals surface area contributed by atoms with Crippen molar-refractivity contribution in [2.75, 3.05) is 14.7 Å². The molecule has 14 rings (SSSR count). The largest absolute Gasteiger partial charge is 0.453 e. The van der Waals surface area contributed by atoms with Crippen LogP contribution in [-0.4, -0.2) is 4.98 Å². The summed E-state index contributed by atoms with van der Waals surface area (Å²) in [5.74, 6) is 2.50. The van der Waals surface area contributed by atoms with Crippen LogP contribution in [0.2, 0.25) is 0 Å². The summed E-state index contributed by atoms with van der Waals surface area (Å²) in [5, 5.41) is 0. The first kappa shape index (κ1) is 53.3. The first-order chi connectivity index (χ1) is 40.0. The van der Waals surface area contributed by atoms with Gasteiger partial charge in [-0.1, -0.05) is 206 Å². The molecule has 5 heteroatoms. The molecular weight excluding hydrogens is 1020 g/mol. The van der Waals surface area contributed by atoms with Gasteiger partial charge >= 0.3 is 0 Å². The van der Waals surface area contributed by atoms with E-state index in [-0.39, 0.29) is 21.7 Å². The molecule has 5 nitrogen and oxygen atoms in total. The zero-order valence-electron chi connectivity index (χ0n) is 51.3. The minimum absolute atomic E-state index is 0.00727. The molecule has 0 saturated heterocycles. The normalized spacial score (nSPS) is 16.0. The van der Waals surface area contributed by atoms with E-state index in [1.54, 1.807) is 0 Å². The molecule has 0 amide bonds. The fourth-order valence-corrected chi connectivity index (χ4v) is 14.3. The number of hydrogen-bond acceptors (Lipinski definition) is 5. The minimum atomic E-state index is -0.911. The predicted octanol–water partition coefficient (Wildman–Crippen LogP) is 21.8. The summed E-state index contributed by atoms with van der Waals surface area (Å²) in [6, 6.07) is 76.0. The van der Waals surface area contributed by atoms with Gasteiger partial charge in [0.2, 0.25) is 0 Å². The van der Waals surface area contributed by atoms with Crippen molar-refractivity contribution in [2.24, 2.45) is 0 Å². The second-order valence-corrected chi connectivity index (χ2v) is 28.5. The fraction of sp³-hybridized carbons (Fsp3) is 0.253. The monoisotopic (exact) mass is 1100 g/mol. The molecule has 1 unspecified atom stereocenters. The van der Waals surface area contributed by atoms with Gasteiger partial charge in [-0.25, -0.2) is 4.98 Å². The number of para-hydroxylation sites is 3. The Hall–Kier alpha value is -8.67. The van der Waals surface area contributed by atoms with Crippen molar-refractivity contribution in [3.8, 4) is 33.8 Å². The highest BCUT2D eigenvalue weighted by Gasteiger charge is 2.57. The Morgan fingerprint density at radius 1 is 0.393 bits per heavy atom. The highest BCUT2D eigenvalue weighted by Crippen LogP contribution is 2.70. The molecule has 3 heterocycles. The van der Waals surface area contributed by atoms with E-state index in [4.69, 9.17) is 9.72 Å². The number of fused-ring (bicyclic) bond motifs is 15. The molecule has 1 atom stereocenters. The third-order valence-electron chi connectivity index (χ3n) is 18.7. The van der Waals surface area contributed by atoms with Crippen LogP contribution >= 0.6 is 0 Å². The second-order valence-electron chi connectivity index (χ2n) is 28.5. The van der Waals surface area contributed by atoms with Crippen LogP contribution in [0.3, 0.4) is 0 Å². The minimum Gasteiger partial charge on any atom is -0.453 e. The van der Waals surface area contributed by atoms with Crippen LogP contribution in [-0.2, 0) is 32.5 Å². The van der Waals surface area contributed by atoms with Crippen LogP contribution in [0.4, 0.5) is 51.3 Å². The van der Waals surface area contributed by atoms with Gasteiger partial charge in [-0.05, 0) is 179 Å². The van der Waals surface area contributed by atoms with Crippen LogP contribution in [0.15, 0.2) is 206 Å². The lowest BCUT2D eigenvalue weighted by molar-refractivity contribution is 0.473. The van der Waals surface area contributed by atoms with Gasteiger partial charge in [-0.3, -0.25) is 4.90 Å². The first-order valence-corrected chi connectivity index (χ1v) is 30.1. The number of ether oxygens (including phenoxy) is 1. The molecule has 10 aromatic rings. The highest BCUT2D eigenvalue weighted by molar-refractivity contribution is 6.06. The Morgan fingerprint density at radius 3 is 1.42 bits per heavy atom. The molecule has 2 aliphatic heterocycles. The van der Waals surface area contributed by atoms with Gasteiger partial charge in [0.15, 0.2) is 11.5 Å². The quantitative estimate of drug-likeness (QED) is 0.166. The van der Waals surface area contributed by atoms with Crippen molar-refractivity contribution in [3.05, 3.63) is 262 Å². The Kier molecular flexibility index (Phi) is 11.7. The van der Waals surface area contributed by atoms with Crippen molar-refractivity contribution < 1.29 is 4.74 Å². The van der Waals surface area contributed by atoms with Crippen LogP contribution in [0.25, 0.3) is 22.3 Å². The maximum atomic E-state index is 7.07. The number of rotatable bonds is 6. The first-order valence-electron chi connectivity index (χ1n) is 30.1. The van der Waals surface area contributed by atoms with Crippen LogP contribution in [0, 0.1) is 0 Å². The van der Waals surface area contributed by atoms with Crippen molar-refractivity contribution in [3.63, 3.8) is 0 Å². The van der Waals surface area contributed by atoms with Gasteiger partial charge in [-0.2, -0.15) is 0 Å². The third-order valence-corrected chi connectivity index (χ3v) is 18.7. The molecule has 418 valence electrons. The SMILES string of the molecule is CC(C)(C)c1ccc(N(c2ccc(C(C)(C)C)cc2)c2ccc3c(c2)C2(c4cccnc4N4c5ccccc5Oc5cccc2c54)c2cc(N(c4ccc(C(C)(C)C)cc4)c4ccc(C(C)(C)C)cc4)c4c(c2-3)C(C)(C)c2ccccc2-4)cc1. The Bertz CT molecular complexity index is 4160. The van der Waals surface area contributed by atoms with Gasteiger partial charge in [0, 0.05) is 51.2 Å². The van der Waals surface area contributed by atoms with Gasteiger partial charge in [0.1, 0.15) is 5.82 Å². The Morgan fingerprint density at radius 2 is 0.857 bits per heavy atom. The van der Waals surface area contributed by atoms with Crippen LogP contribution < -0.4 is 19.4 Å². The molecule has 0 bridgehead atoms. The van der Waals surface area contributed by atoms with Gasteiger partial charge in [-0.15, -0.1) is 0 Å². The number of benzene rings is 9. The molecule has 84 heavy (non-hydrogen) atoms. The third kappa shape index (κ3) is 7.97. The summed E-state index contributed by atoms with van der Waals surface area (Å²) < 4.78 is 7.07. The van der Waals surface area contributed by atoms with Crippen molar-refractivity contribution in [1.29, 1.82) is 0 Å². The van der Waals surface area contributed by atoms with Crippen LogP contribution in [0.1, 0.15) is 153 Å². The zero-order valence-corrected chi connectivity index (χ0v) is 51.3. The van der Waals surface area contributed by atoms with E-state index in [1.807, 2.05) is 6.20 Å². The molecular formula is C79H76N4O. The van der Waals surface area contributed by atoms with E-state index >= 15 is 0 Å². The topological polar surface area (TPSA) is 31.8 Å². The number of nitrogens with zero attached hydrogens (tertiary/aromatic N) is 4. The Labute approximate surface area is 498 Å². The fourth-order valence-electron chi connectivity index (χ4n) is 14.3. The van der Waals surface area contributed by atoms with Crippen molar-refractivity contribution in [1.82, 2.24) is 4.98 Å². The summed E-state index contributed by atoms with van der Waals surface area (Å²) in [6.45, 7) is 32.5. The van der Waals surface area contributed by atoms with Crippen LogP contribution in [0.5, 0.6) is 11.5 Å². The van der Waals surface area contributed by atoms with E-state index in [0.29, 0.717) is 0 Å². The summed E-state index contributed by atoms with van der Waals surface area (Å²) in [7, 11) is 0. The van der Waals surface area contributed by atoms with Crippen molar-refractivity contribution >= 4 is 51.3 Å². The number of anilines is 9. The van der Waals surface area contributed by atoms with E-state index in [2.05, 4.69) is 312 Å². The van der Waals surface area contributed by atoms with E-state index in [0.717, 1.165) is 73.9 Å². The molecule has 2 aliphatic carbocycles. The molecule has 0 saturated carbocycles. The van der Waals surface area contributed by atoms with E-state index in [1.165, 1.54) is 66.8 Å². The van der Waals surface area contributed by atoms with Gasteiger partial charge in [0.05, 0.1) is 22.5 Å². The lowest BCUT2D eigenvalue weighted by Crippen LogP contribution is -2.38. The maximum absolute atomic E-state index is 7.07. The van der Waals surface area contributed by atoms with Gasteiger partial charge in [0.25, 0.3) is 0 Å². The average Bonchev–Trinajstić information content (AvgIpc) is 1.43. The molecule has 4 aliphatic rings. The Balaban J connectivity index is 1.13. The zero-order chi connectivity index (χ0) is 58.6. The summed E-state index contributed by atoms with van der Waals surface area (Å²) in [5.41, 5.74) is 24.8. The summed E-state index contributed by atoms with van der Waals surface area (Å²) in [6.07, 6.45) is 1.97.